The van der Waals surface area contributed by atoms with Crippen molar-refractivity contribution in [2.45, 2.75) is 39.7 Å². The highest BCUT2D eigenvalue weighted by atomic mass is 15.3. The third kappa shape index (κ3) is 4.09. The molecule has 1 saturated heterocycles. The molecule has 0 amide bonds. The van der Waals surface area contributed by atoms with Gasteiger partial charge in [0, 0.05) is 55.0 Å². The van der Waals surface area contributed by atoms with Crippen LogP contribution in [0.25, 0.3) is 27.9 Å². The summed E-state index contributed by atoms with van der Waals surface area (Å²) in [5.41, 5.74) is 9.82. The molecule has 6 nitrogen and oxygen atoms in total. The van der Waals surface area contributed by atoms with E-state index in [0.29, 0.717) is 0 Å². The third-order valence-electron chi connectivity index (χ3n) is 7.51. The summed E-state index contributed by atoms with van der Waals surface area (Å²) >= 11 is 0. The Labute approximate surface area is 213 Å². The highest BCUT2D eigenvalue weighted by Gasteiger charge is 2.22. The second kappa shape index (κ2) is 8.86. The van der Waals surface area contributed by atoms with Crippen molar-refractivity contribution in [1.82, 2.24) is 24.4 Å². The summed E-state index contributed by atoms with van der Waals surface area (Å²) < 4.78 is 2.25. The molecule has 1 aliphatic heterocycles. The van der Waals surface area contributed by atoms with E-state index < -0.39 is 0 Å². The monoisotopic (exact) mass is 478 g/mol. The molecule has 6 heteroatoms. The van der Waals surface area contributed by atoms with Crippen LogP contribution in [0, 0.1) is 0 Å². The predicted octanol–water partition coefficient (Wildman–Crippen LogP) is 5.38. The fraction of sp³-hybridized carbons (Fsp3) is 0.367. The van der Waals surface area contributed by atoms with Crippen molar-refractivity contribution in [2.24, 2.45) is 0 Å². The quantitative estimate of drug-likeness (QED) is 0.394. The van der Waals surface area contributed by atoms with Gasteiger partial charge in [-0.05, 0) is 57.1 Å². The van der Waals surface area contributed by atoms with Crippen molar-refractivity contribution in [3.63, 3.8) is 0 Å². The topological polar surface area (TPSA) is 50.1 Å². The predicted molar refractivity (Wildman–Crippen MR) is 147 cm³/mol. The Morgan fingerprint density at radius 3 is 2.53 bits per heavy atom. The Kier molecular flexibility index (Phi) is 5.64. The molecule has 0 saturated carbocycles. The lowest BCUT2D eigenvalue weighted by molar-refractivity contribution is 0.271. The Bertz CT molecular complexity index is 1450. The Morgan fingerprint density at radius 2 is 1.75 bits per heavy atom. The number of fused-ring (bicyclic) bond motifs is 2. The zero-order valence-electron chi connectivity index (χ0n) is 21.7. The SMILES string of the molecule is CCN1CCN(c2cccc(-c3cnc4c(n3)C(c3ccc5ncn(C(C)(C)C)c5c3)=CC4)c2)CC1. The number of aromatic nitrogens is 4. The number of piperazine rings is 1. The summed E-state index contributed by atoms with van der Waals surface area (Å²) in [6.45, 7) is 14.4. The lowest BCUT2D eigenvalue weighted by atomic mass is 10.0. The van der Waals surface area contributed by atoms with Gasteiger partial charge in [-0.2, -0.15) is 0 Å². The summed E-state index contributed by atoms with van der Waals surface area (Å²) in [5.74, 6) is 0. The average Bonchev–Trinajstić information content (AvgIpc) is 3.52. The van der Waals surface area contributed by atoms with Crippen molar-refractivity contribution < 1.29 is 0 Å². The van der Waals surface area contributed by atoms with Gasteiger partial charge in [-0.1, -0.05) is 31.2 Å². The molecule has 0 radical (unpaired) electrons. The maximum absolute atomic E-state index is 5.15. The standard InChI is InChI=1S/C30H34N6/c1-5-34-13-15-35(16-14-34)23-8-6-7-22(17-23)27-19-31-26-12-10-24(29(26)33-27)21-9-11-25-28(18-21)36(20-32-25)30(2,3)4/h6-11,17-20H,5,12-16H2,1-4H3. The molecule has 0 spiro atoms. The largest absolute Gasteiger partial charge is 0.369 e. The first-order valence-electron chi connectivity index (χ1n) is 13.0. The van der Waals surface area contributed by atoms with E-state index in [9.17, 15) is 0 Å². The summed E-state index contributed by atoms with van der Waals surface area (Å²) in [5, 5.41) is 0. The number of imidazole rings is 1. The molecule has 4 aromatic rings. The molecular formula is C30H34N6. The molecule has 0 atom stereocenters. The number of benzene rings is 2. The van der Waals surface area contributed by atoms with Crippen LogP contribution < -0.4 is 4.90 Å². The molecule has 1 fully saturated rings. The summed E-state index contributed by atoms with van der Waals surface area (Å²) in [6, 6.07) is 15.3. The normalized spacial score (nSPS) is 16.4. The third-order valence-corrected chi connectivity index (χ3v) is 7.51. The Balaban J connectivity index is 1.32. The van der Waals surface area contributed by atoms with Gasteiger partial charge in [-0.3, -0.25) is 4.98 Å². The maximum atomic E-state index is 5.15. The zero-order valence-corrected chi connectivity index (χ0v) is 21.7. The first-order valence-corrected chi connectivity index (χ1v) is 13.0. The number of likely N-dealkylation sites (N-methyl/N-ethyl adjacent to an activating group) is 1. The smallest absolute Gasteiger partial charge is 0.0963 e. The van der Waals surface area contributed by atoms with E-state index in [2.05, 4.69) is 95.6 Å². The second-order valence-corrected chi connectivity index (χ2v) is 10.8. The fourth-order valence-corrected chi connectivity index (χ4v) is 5.36. The van der Waals surface area contributed by atoms with Crippen molar-refractivity contribution in [1.29, 1.82) is 0 Å². The van der Waals surface area contributed by atoms with Crippen LogP contribution in [0.2, 0.25) is 0 Å². The van der Waals surface area contributed by atoms with Crippen molar-refractivity contribution in [3.8, 4) is 11.3 Å². The molecule has 2 aliphatic rings. The molecule has 0 unspecified atom stereocenters. The number of hydrogen-bond acceptors (Lipinski definition) is 5. The van der Waals surface area contributed by atoms with E-state index in [4.69, 9.17) is 9.97 Å². The van der Waals surface area contributed by atoms with Gasteiger partial charge in [0.2, 0.25) is 0 Å². The first kappa shape index (κ1) is 22.9. The minimum Gasteiger partial charge on any atom is -0.369 e. The van der Waals surface area contributed by atoms with E-state index in [1.807, 2.05) is 12.5 Å². The van der Waals surface area contributed by atoms with Gasteiger partial charge in [0.25, 0.3) is 0 Å². The van der Waals surface area contributed by atoms with Crippen LogP contribution in [0.4, 0.5) is 5.69 Å². The van der Waals surface area contributed by atoms with Crippen molar-refractivity contribution >= 4 is 22.3 Å². The number of rotatable bonds is 4. The Hall–Kier alpha value is -3.51. The summed E-state index contributed by atoms with van der Waals surface area (Å²) in [4.78, 5) is 19.6. The molecule has 0 bridgehead atoms. The molecule has 184 valence electrons. The van der Waals surface area contributed by atoms with E-state index in [-0.39, 0.29) is 5.54 Å². The van der Waals surface area contributed by atoms with Crippen molar-refractivity contribution in [3.05, 3.63) is 78.0 Å². The molecule has 6 rings (SSSR count). The van der Waals surface area contributed by atoms with Crippen LogP contribution in [0.1, 0.15) is 44.6 Å². The van der Waals surface area contributed by atoms with Gasteiger partial charge in [-0.15, -0.1) is 0 Å². The maximum Gasteiger partial charge on any atom is 0.0963 e. The van der Waals surface area contributed by atoms with Gasteiger partial charge in [0.1, 0.15) is 0 Å². The number of allylic oxidation sites excluding steroid dienone is 1. The lowest BCUT2D eigenvalue weighted by Crippen LogP contribution is -2.46. The highest BCUT2D eigenvalue weighted by Crippen LogP contribution is 2.34. The van der Waals surface area contributed by atoms with Crippen LogP contribution in [0.15, 0.2) is 61.1 Å². The van der Waals surface area contributed by atoms with E-state index >= 15 is 0 Å². The van der Waals surface area contributed by atoms with Crippen LogP contribution in [0.5, 0.6) is 0 Å². The fourth-order valence-electron chi connectivity index (χ4n) is 5.36. The summed E-state index contributed by atoms with van der Waals surface area (Å²) in [7, 11) is 0. The number of nitrogens with zero attached hydrogens (tertiary/aromatic N) is 6. The van der Waals surface area contributed by atoms with Crippen LogP contribution in [-0.2, 0) is 12.0 Å². The van der Waals surface area contributed by atoms with Gasteiger partial charge in [0.05, 0.1) is 40.6 Å². The molecule has 3 heterocycles. The molecule has 2 aromatic carbocycles. The van der Waals surface area contributed by atoms with E-state index in [0.717, 1.165) is 78.4 Å². The van der Waals surface area contributed by atoms with Crippen LogP contribution in [0.3, 0.4) is 0 Å². The van der Waals surface area contributed by atoms with Gasteiger partial charge >= 0.3 is 0 Å². The summed E-state index contributed by atoms with van der Waals surface area (Å²) in [6.07, 6.45) is 6.95. The lowest BCUT2D eigenvalue weighted by Gasteiger charge is -2.35. The number of anilines is 1. The van der Waals surface area contributed by atoms with Crippen LogP contribution >= 0.6 is 0 Å². The van der Waals surface area contributed by atoms with E-state index in [1.165, 1.54) is 11.3 Å². The average molecular weight is 479 g/mol. The second-order valence-electron chi connectivity index (χ2n) is 10.8. The molecule has 2 aromatic heterocycles. The van der Waals surface area contributed by atoms with Gasteiger partial charge in [0.15, 0.2) is 0 Å². The number of hydrogen-bond donors (Lipinski definition) is 0. The molecular weight excluding hydrogens is 444 g/mol. The minimum atomic E-state index is -0.0312. The Morgan fingerprint density at radius 1 is 0.917 bits per heavy atom. The minimum absolute atomic E-state index is 0.0312. The molecule has 36 heavy (non-hydrogen) atoms. The first-order chi connectivity index (χ1) is 17.4. The van der Waals surface area contributed by atoms with Gasteiger partial charge in [-0.25, -0.2) is 9.97 Å². The molecule has 1 aliphatic carbocycles. The zero-order chi connectivity index (χ0) is 24.9. The van der Waals surface area contributed by atoms with Gasteiger partial charge < -0.3 is 14.4 Å². The molecule has 0 N–H and O–H groups in total. The van der Waals surface area contributed by atoms with E-state index in [1.54, 1.807) is 0 Å². The highest BCUT2D eigenvalue weighted by molar-refractivity contribution is 5.88. The van der Waals surface area contributed by atoms with Crippen molar-refractivity contribution in [2.75, 3.05) is 37.6 Å². The van der Waals surface area contributed by atoms with Crippen LogP contribution in [-0.4, -0.2) is 57.1 Å².